The fraction of sp³-hybridized carbons (Fsp3) is 0.255. The van der Waals surface area contributed by atoms with Gasteiger partial charge in [0, 0.05) is 12.0 Å². The van der Waals surface area contributed by atoms with Crippen LogP contribution in [0.15, 0.2) is 155 Å². The van der Waals surface area contributed by atoms with E-state index in [1.54, 1.807) is 6.92 Å². The van der Waals surface area contributed by atoms with E-state index in [1.165, 1.54) is 0 Å². The Kier molecular flexibility index (Phi) is 11.6. The number of unbranched alkanes of at least 4 members (excludes halogenated alkanes) is 1. The first kappa shape index (κ1) is 38.4. The maximum Gasteiger partial charge on any atom is 0.339 e. The second-order valence-electron chi connectivity index (χ2n) is 14.6. The molecule has 9 heteroatoms. The molecule has 284 valence electrons. The molecule has 0 saturated heterocycles. The Bertz CT molecular complexity index is 2220. The first-order valence-corrected chi connectivity index (χ1v) is 19.7. The quantitative estimate of drug-likeness (QED) is 0.0624. The third-order valence-electron chi connectivity index (χ3n) is 10.5. The molecule has 56 heavy (non-hydrogen) atoms. The lowest BCUT2D eigenvalue weighted by Crippen LogP contribution is -2.42. The van der Waals surface area contributed by atoms with Crippen molar-refractivity contribution in [1.82, 2.24) is 25.1 Å². The normalized spacial score (nSPS) is 14.1. The predicted molar refractivity (Wildman–Crippen MR) is 224 cm³/mol. The van der Waals surface area contributed by atoms with Gasteiger partial charge < -0.3 is 9.64 Å². The first-order chi connectivity index (χ1) is 27.3. The highest BCUT2D eigenvalue weighted by atomic mass is 35.5. The number of aliphatic imine (C=N–C) groups is 1. The van der Waals surface area contributed by atoms with E-state index >= 15 is 0 Å². The van der Waals surface area contributed by atoms with Crippen molar-refractivity contribution >= 4 is 23.4 Å². The van der Waals surface area contributed by atoms with Crippen LogP contribution in [-0.2, 0) is 28.0 Å². The monoisotopic (exact) mass is 762 g/mol. The molecule has 8 nitrogen and oxygen atoms in total. The van der Waals surface area contributed by atoms with Gasteiger partial charge in [-0.2, -0.15) is 0 Å². The molecule has 1 aliphatic rings. The van der Waals surface area contributed by atoms with Crippen LogP contribution >= 0.6 is 11.6 Å². The molecule has 0 spiro atoms. The van der Waals surface area contributed by atoms with Crippen LogP contribution in [0.3, 0.4) is 0 Å². The van der Waals surface area contributed by atoms with Gasteiger partial charge in [0.1, 0.15) is 11.0 Å². The summed E-state index contributed by atoms with van der Waals surface area (Å²) < 4.78 is 7.35. The zero-order valence-electron chi connectivity index (χ0n) is 32.4. The SMILES string of the molecule is CCCCC1=NC(C)(C)C(C(=O)OCC)=C(Cl)N1Cc1ccc(-c2ccccc2-c2nnnn2CC(c2ccccc2)(c2ccccc2)c2ccccc2)cc1. The van der Waals surface area contributed by atoms with Crippen molar-refractivity contribution in [2.24, 2.45) is 4.99 Å². The van der Waals surface area contributed by atoms with Crippen LogP contribution < -0.4 is 0 Å². The number of aromatic nitrogens is 4. The lowest BCUT2D eigenvalue weighted by atomic mass is 9.69. The highest BCUT2D eigenvalue weighted by Gasteiger charge is 2.40. The van der Waals surface area contributed by atoms with Crippen LogP contribution in [0.1, 0.15) is 69.2 Å². The number of halogens is 1. The van der Waals surface area contributed by atoms with Gasteiger partial charge in [-0.05, 0) is 71.0 Å². The van der Waals surface area contributed by atoms with Crippen molar-refractivity contribution in [1.29, 1.82) is 0 Å². The standard InChI is InChI=1S/C47H47ClN6O2/c1-5-7-27-41-49-46(3,4)42(45(55)56-6-2)43(48)53(41)32-34-28-30-35(31-29-34)39-25-17-18-26-40(39)44-50-51-52-54(44)33-47(36-19-11-8-12-20-36,37-21-13-9-14-22-37)38-23-15-10-16-24-38/h8-26,28-31H,5-7,27,32-33H2,1-4H3. The van der Waals surface area contributed by atoms with Gasteiger partial charge in [-0.15, -0.1) is 5.10 Å². The van der Waals surface area contributed by atoms with E-state index in [0.717, 1.165) is 64.0 Å². The Labute approximate surface area is 334 Å². The second-order valence-corrected chi connectivity index (χ2v) is 14.9. The molecule has 0 fully saturated rings. The number of tetrazole rings is 1. The maximum atomic E-state index is 13.1. The molecule has 0 radical (unpaired) electrons. The minimum atomic E-state index is -0.797. The minimum absolute atomic E-state index is 0.262. The number of rotatable bonds is 14. The molecule has 0 atom stereocenters. The Morgan fingerprint density at radius 1 is 0.750 bits per heavy atom. The fourth-order valence-electron chi connectivity index (χ4n) is 7.74. The van der Waals surface area contributed by atoms with Crippen molar-refractivity contribution in [2.75, 3.05) is 6.61 Å². The van der Waals surface area contributed by atoms with Crippen molar-refractivity contribution in [3.63, 3.8) is 0 Å². The van der Waals surface area contributed by atoms with E-state index in [9.17, 15) is 4.79 Å². The number of amidine groups is 1. The highest BCUT2D eigenvalue weighted by molar-refractivity contribution is 6.33. The number of esters is 1. The number of benzene rings is 5. The molecule has 0 amide bonds. The van der Waals surface area contributed by atoms with E-state index in [0.29, 0.717) is 29.6 Å². The number of hydrogen-bond donors (Lipinski definition) is 0. The fourth-order valence-corrected chi connectivity index (χ4v) is 8.20. The van der Waals surface area contributed by atoms with Crippen LogP contribution in [0, 0.1) is 0 Å². The number of hydrogen-bond acceptors (Lipinski definition) is 7. The van der Waals surface area contributed by atoms with Crippen molar-refractivity contribution in [3.05, 3.63) is 173 Å². The zero-order valence-corrected chi connectivity index (χ0v) is 33.2. The summed E-state index contributed by atoms with van der Waals surface area (Å²) >= 11 is 7.07. The molecule has 7 rings (SSSR count). The van der Waals surface area contributed by atoms with E-state index in [4.69, 9.17) is 21.3 Å². The summed E-state index contributed by atoms with van der Waals surface area (Å²) in [5.74, 6) is 1.11. The summed E-state index contributed by atoms with van der Waals surface area (Å²) in [6.45, 7) is 8.97. The van der Waals surface area contributed by atoms with Gasteiger partial charge in [-0.1, -0.05) is 164 Å². The summed E-state index contributed by atoms with van der Waals surface area (Å²) in [6, 6.07) is 48.5. The van der Waals surface area contributed by atoms with Crippen LogP contribution in [0.5, 0.6) is 0 Å². The summed E-state index contributed by atoms with van der Waals surface area (Å²) in [4.78, 5) is 20.1. The Balaban J connectivity index is 1.24. The molecule has 6 aromatic rings. The third-order valence-corrected chi connectivity index (χ3v) is 10.9. The Hall–Kier alpha value is -5.86. The predicted octanol–water partition coefficient (Wildman–Crippen LogP) is 10.2. The van der Waals surface area contributed by atoms with Crippen LogP contribution in [0.25, 0.3) is 22.5 Å². The van der Waals surface area contributed by atoms with Crippen molar-refractivity contribution in [2.45, 2.75) is 71.0 Å². The molecule has 5 aromatic carbocycles. The highest BCUT2D eigenvalue weighted by Crippen LogP contribution is 2.42. The molecule has 2 heterocycles. The van der Waals surface area contributed by atoms with E-state index in [-0.39, 0.29) is 6.61 Å². The van der Waals surface area contributed by atoms with E-state index in [1.807, 2.05) is 53.8 Å². The largest absolute Gasteiger partial charge is 0.462 e. The Morgan fingerprint density at radius 2 is 1.30 bits per heavy atom. The lowest BCUT2D eigenvalue weighted by molar-refractivity contribution is -0.139. The average molecular weight is 763 g/mol. The minimum Gasteiger partial charge on any atom is -0.462 e. The number of ether oxygens (including phenoxy) is 1. The van der Waals surface area contributed by atoms with E-state index < -0.39 is 16.9 Å². The second kappa shape index (κ2) is 16.9. The number of nitrogens with zero attached hydrogens (tertiary/aromatic N) is 6. The number of carbonyl (C=O) groups excluding carboxylic acids is 1. The lowest BCUT2D eigenvalue weighted by Gasteiger charge is -2.37. The van der Waals surface area contributed by atoms with E-state index in [2.05, 4.69) is 132 Å². The Morgan fingerprint density at radius 3 is 1.86 bits per heavy atom. The zero-order chi connectivity index (χ0) is 39.1. The van der Waals surface area contributed by atoms with Crippen molar-refractivity contribution in [3.8, 4) is 22.5 Å². The van der Waals surface area contributed by atoms with Gasteiger partial charge in [-0.25, -0.2) is 9.48 Å². The molecular formula is C47H47ClN6O2. The van der Waals surface area contributed by atoms with Crippen LogP contribution in [0.4, 0.5) is 0 Å². The van der Waals surface area contributed by atoms with Gasteiger partial charge in [0.2, 0.25) is 0 Å². The van der Waals surface area contributed by atoms with Gasteiger partial charge in [0.05, 0.1) is 36.2 Å². The molecule has 1 aliphatic heterocycles. The first-order valence-electron chi connectivity index (χ1n) is 19.3. The molecule has 0 aliphatic carbocycles. The molecule has 0 N–H and O–H groups in total. The third kappa shape index (κ3) is 7.66. The molecule has 0 unspecified atom stereocenters. The van der Waals surface area contributed by atoms with Gasteiger partial charge in [0.25, 0.3) is 0 Å². The van der Waals surface area contributed by atoms with Crippen LogP contribution in [-0.4, -0.2) is 49.1 Å². The van der Waals surface area contributed by atoms with Gasteiger partial charge in [-0.3, -0.25) is 4.99 Å². The molecule has 0 saturated carbocycles. The topological polar surface area (TPSA) is 85.5 Å². The summed E-state index contributed by atoms with van der Waals surface area (Å²) in [6.07, 6.45) is 2.73. The maximum absolute atomic E-state index is 13.1. The van der Waals surface area contributed by atoms with Gasteiger partial charge in [0.15, 0.2) is 5.82 Å². The molecule has 0 bridgehead atoms. The van der Waals surface area contributed by atoms with Crippen molar-refractivity contribution < 1.29 is 9.53 Å². The average Bonchev–Trinajstić information content (AvgIpc) is 3.69. The summed E-state index contributed by atoms with van der Waals surface area (Å²) in [5.41, 5.74) is 6.41. The van der Waals surface area contributed by atoms with Crippen LogP contribution in [0.2, 0.25) is 0 Å². The van der Waals surface area contributed by atoms with Gasteiger partial charge >= 0.3 is 5.97 Å². The number of carbonyl (C=O) groups is 1. The summed E-state index contributed by atoms with van der Waals surface area (Å²) in [7, 11) is 0. The smallest absolute Gasteiger partial charge is 0.339 e. The molecular weight excluding hydrogens is 716 g/mol. The summed E-state index contributed by atoms with van der Waals surface area (Å²) in [5, 5.41) is 13.9. The molecule has 1 aromatic heterocycles.